The Morgan fingerprint density at radius 2 is 1.74 bits per heavy atom. The SMILES string of the molecule is CN1CCN(N2CCC[C@@H]2C(=O)OC(C)(C)C)CC1. The molecule has 0 bridgehead atoms. The number of hydrogen-bond donors (Lipinski definition) is 0. The third-order valence-electron chi connectivity index (χ3n) is 3.75. The Morgan fingerprint density at radius 1 is 1.11 bits per heavy atom. The van der Waals surface area contributed by atoms with Crippen LogP contribution >= 0.6 is 0 Å². The predicted octanol–water partition coefficient (Wildman–Crippen LogP) is 0.955. The van der Waals surface area contributed by atoms with E-state index in [0.29, 0.717) is 0 Å². The second-order valence-corrected chi connectivity index (χ2v) is 6.61. The lowest BCUT2D eigenvalue weighted by atomic mass is 10.1. The van der Waals surface area contributed by atoms with Crippen molar-refractivity contribution >= 4 is 5.97 Å². The first-order valence-corrected chi connectivity index (χ1v) is 7.30. The number of hydrazine groups is 1. The van der Waals surface area contributed by atoms with Crippen LogP contribution in [0.2, 0.25) is 0 Å². The van der Waals surface area contributed by atoms with Crippen LogP contribution in [0.25, 0.3) is 0 Å². The van der Waals surface area contributed by atoms with Crippen LogP contribution in [-0.4, -0.2) is 72.3 Å². The summed E-state index contributed by atoms with van der Waals surface area (Å²) in [5.74, 6) is -0.0658. The molecule has 2 aliphatic rings. The van der Waals surface area contributed by atoms with Gasteiger partial charge in [0.15, 0.2) is 0 Å². The molecule has 2 fully saturated rings. The smallest absolute Gasteiger partial charge is 0.325 e. The number of carbonyl (C=O) groups is 1. The fraction of sp³-hybridized carbons (Fsp3) is 0.929. The summed E-state index contributed by atoms with van der Waals surface area (Å²) in [6, 6.07) is -0.0809. The van der Waals surface area contributed by atoms with E-state index in [1.807, 2.05) is 20.8 Å². The van der Waals surface area contributed by atoms with Gasteiger partial charge in [0.1, 0.15) is 11.6 Å². The maximum Gasteiger partial charge on any atom is 0.325 e. The molecule has 0 aromatic heterocycles. The van der Waals surface area contributed by atoms with Gasteiger partial charge in [0, 0.05) is 32.7 Å². The van der Waals surface area contributed by atoms with Gasteiger partial charge in [-0.05, 0) is 40.7 Å². The molecule has 0 N–H and O–H groups in total. The van der Waals surface area contributed by atoms with Crippen molar-refractivity contribution in [1.29, 1.82) is 0 Å². The van der Waals surface area contributed by atoms with Gasteiger partial charge in [-0.25, -0.2) is 10.0 Å². The number of likely N-dealkylation sites (N-methyl/N-ethyl adjacent to an activating group) is 1. The molecule has 0 aromatic rings. The van der Waals surface area contributed by atoms with Gasteiger partial charge in [-0.2, -0.15) is 0 Å². The first-order chi connectivity index (χ1) is 8.87. The minimum Gasteiger partial charge on any atom is -0.459 e. The summed E-state index contributed by atoms with van der Waals surface area (Å²) in [6.45, 7) is 10.9. The highest BCUT2D eigenvalue weighted by molar-refractivity contribution is 5.76. The van der Waals surface area contributed by atoms with Crippen molar-refractivity contribution in [2.45, 2.75) is 45.3 Å². The highest BCUT2D eigenvalue weighted by atomic mass is 16.6. The highest BCUT2D eigenvalue weighted by Gasteiger charge is 2.37. The fourth-order valence-electron chi connectivity index (χ4n) is 2.75. The Labute approximate surface area is 116 Å². The lowest BCUT2D eigenvalue weighted by molar-refractivity contribution is -0.169. The monoisotopic (exact) mass is 269 g/mol. The molecule has 0 spiro atoms. The van der Waals surface area contributed by atoms with Crippen LogP contribution < -0.4 is 0 Å². The van der Waals surface area contributed by atoms with E-state index in [1.165, 1.54) is 0 Å². The molecule has 0 amide bonds. The summed E-state index contributed by atoms with van der Waals surface area (Å²) in [5.41, 5.74) is -0.395. The van der Waals surface area contributed by atoms with Gasteiger partial charge >= 0.3 is 5.97 Å². The molecule has 0 aliphatic carbocycles. The van der Waals surface area contributed by atoms with Gasteiger partial charge in [0.2, 0.25) is 0 Å². The lowest BCUT2D eigenvalue weighted by Gasteiger charge is -2.40. The average Bonchev–Trinajstić information content (AvgIpc) is 2.76. The van der Waals surface area contributed by atoms with Crippen molar-refractivity contribution in [3.05, 3.63) is 0 Å². The first-order valence-electron chi connectivity index (χ1n) is 7.30. The molecule has 1 atom stereocenters. The van der Waals surface area contributed by atoms with Gasteiger partial charge in [-0.3, -0.25) is 4.79 Å². The van der Waals surface area contributed by atoms with Crippen LogP contribution in [0, 0.1) is 0 Å². The van der Waals surface area contributed by atoms with E-state index < -0.39 is 5.60 Å². The zero-order valence-electron chi connectivity index (χ0n) is 12.7. The molecule has 19 heavy (non-hydrogen) atoms. The van der Waals surface area contributed by atoms with E-state index in [-0.39, 0.29) is 12.0 Å². The number of ether oxygens (including phenoxy) is 1. The molecule has 5 heteroatoms. The Bertz CT molecular complexity index is 319. The Morgan fingerprint density at radius 3 is 2.32 bits per heavy atom. The second kappa shape index (κ2) is 5.77. The topological polar surface area (TPSA) is 36.0 Å². The molecule has 0 saturated carbocycles. The third kappa shape index (κ3) is 3.91. The number of nitrogens with zero attached hydrogens (tertiary/aromatic N) is 3. The van der Waals surface area contributed by atoms with Crippen molar-refractivity contribution < 1.29 is 9.53 Å². The average molecular weight is 269 g/mol. The largest absolute Gasteiger partial charge is 0.459 e. The summed E-state index contributed by atoms with van der Waals surface area (Å²) in [5, 5.41) is 4.57. The van der Waals surface area contributed by atoms with Crippen molar-refractivity contribution in [2.75, 3.05) is 39.8 Å². The number of esters is 1. The van der Waals surface area contributed by atoms with Crippen LogP contribution in [-0.2, 0) is 9.53 Å². The molecule has 2 saturated heterocycles. The van der Waals surface area contributed by atoms with Crippen molar-refractivity contribution in [2.24, 2.45) is 0 Å². The number of piperazine rings is 1. The molecule has 0 radical (unpaired) electrons. The van der Waals surface area contributed by atoms with E-state index in [2.05, 4.69) is 22.0 Å². The lowest BCUT2D eigenvalue weighted by Crippen LogP contribution is -2.56. The van der Waals surface area contributed by atoms with E-state index in [1.54, 1.807) is 0 Å². The van der Waals surface area contributed by atoms with Gasteiger partial charge in [-0.15, -0.1) is 0 Å². The Hall–Kier alpha value is -0.650. The van der Waals surface area contributed by atoms with E-state index in [9.17, 15) is 4.79 Å². The summed E-state index contributed by atoms with van der Waals surface area (Å²) in [7, 11) is 2.15. The first kappa shape index (κ1) is 14.8. The molecule has 110 valence electrons. The van der Waals surface area contributed by atoms with E-state index in [0.717, 1.165) is 45.6 Å². The molecule has 0 unspecified atom stereocenters. The predicted molar refractivity (Wildman–Crippen MR) is 74.6 cm³/mol. The van der Waals surface area contributed by atoms with Crippen LogP contribution in [0.15, 0.2) is 0 Å². The molecular formula is C14H27N3O2. The van der Waals surface area contributed by atoms with Crippen LogP contribution in [0.3, 0.4) is 0 Å². The number of hydrogen-bond acceptors (Lipinski definition) is 5. The maximum absolute atomic E-state index is 12.3. The standard InChI is InChI=1S/C14H27N3O2/c1-14(2,3)19-13(18)12-6-5-7-17(12)16-10-8-15(4)9-11-16/h12H,5-11H2,1-4H3/t12-/m1/s1. The maximum atomic E-state index is 12.3. The zero-order chi connectivity index (χ0) is 14.0. The van der Waals surface area contributed by atoms with E-state index in [4.69, 9.17) is 4.74 Å². The van der Waals surface area contributed by atoms with Crippen LogP contribution in [0.1, 0.15) is 33.6 Å². The molecule has 0 aromatic carbocycles. The summed E-state index contributed by atoms with van der Waals surface area (Å²) < 4.78 is 5.55. The number of carbonyl (C=O) groups excluding carboxylic acids is 1. The molecular weight excluding hydrogens is 242 g/mol. The minimum absolute atomic E-state index is 0.0658. The molecule has 2 aliphatic heterocycles. The Balaban J connectivity index is 1.95. The molecule has 5 nitrogen and oxygen atoms in total. The quantitative estimate of drug-likeness (QED) is 0.698. The summed E-state index contributed by atoms with van der Waals surface area (Å²) in [6.07, 6.45) is 2.00. The van der Waals surface area contributed by atoms with Gasteiger partial charge < -0.3 is 9.64 Å². The fourth-order valence-corrected chi connectivity index (χ4v) is 2.75. The zero-order valence-corrected chi connectivity index (χ0v) is 12.7. The van der Waals surface area contributed by atoms with Crippen LogP contribution in [0.4, 0.5) is 0 Å². The van der Waals surface area contributed by atoms with Gasteiger partial charge in [0.25, 0.3) is 0 Å². The normalized spacial score (nSPS) is 27.7. The molecule has 2 heterocycles. The number of rotatable bonds is 2. The van der Waals surface area contributed by atoms with Crippen LogP contribution in [0.5, 0.6) is 0 Å². The van der Waals surface area contributed by atoms with Gasteiger partial charge in [-0.1, -0.05) is 0 Å². The van der Waals surface area contributed by atoms with Crippen molar-refractivity contribution in [3.63, 3.8) is 0 Å². The van der Waals surface area contributed by atoms with Gasteiger partial charge in [0.05, 0.1) is 0 Å². The highest BCUT2D eigenvalue weighted by Crippen LogP contribution is 2.23. The second-order valence-electron chi connectivity index (χ2n) is 6.61. The van der Waals surface area contributed by atoms with Crippen molar-refractivity contribution in [3.8, 4) is 0 Å². The summed E-state index contributed by atoms with van der Waals surface area (Å²) in [4.78, 5) is 14.6. The molecule has 2 rings (SSSR count). The summed E-state index contributed by atoms with van der Waals surface area (Å²) >= 11 is 0. The van der Waals surface area contributed by atoms with Crippen molar-refractivity contribution in [1.82, 2.24) is 14.9 Å². The van der Waals surface area contributed by atoms with E-state index >= 15 is 0 Å². The minimum atomic E-state index is -0.395. The Kier molecular flexibility index (Phi) is 4.48. The third-order valence-corrected chi connectivity index (χ3v) is 3.75.